The van der Waals surface area contributed by atoms with Crippen LogP contribution in [-0.4, -0.2) is 69.0 Å². The molecule has 27 heavy (non-hydrogen) atoms. The second-order valence-electron chi connectivity index (χ2n) is 6.74. The summed E-state index contributed by atoms with van der Waals surface area (Å²) < 4.78 is 10.6. The van der Waals surface area contributed by atoms with Crippen molar-refractivity contribution in [3.05, 3.63) is 23.8 Å². The Bertz CT molecular complexity index is 587. The topological polar surface area (TPSA) is 78.4 Å². The van der Waals surface area contributed by atoms with Crippen LogP contribution in [0.25, 0.3) is 0 Å². The van der Waals surface area contributed by atoms with Crippen LogP contribution >= 0.6 is 0 Å². The van der Waals surface area contributed by atoms with Crippen LogP contribution in [0.15, 0.2) is 23.2 Å². The van der Waals surface area contributed by atoms with Gasteiger partial charge in [0.1, 0.15) is 0 Å². The average Bonchev–Trinajstić information content (AvgIpc) is 2.70. The molecule has 2 rings (SSSR count). The number of benzene rings is 1. The zero-order valence-electron chi connectivity index (χ0n) is 16.8. The highest BCUT2D eigenvalue weighted by Gasteiger charge is 2.16. The van der Waals surface area contributed by atoms with Crippen molar-refractivity contribution in [2.24, 2.45) is 4.99 Å². The number of aliphatic imine (C=N–C) groups is 1. The molecule has 0 atom stereocenters. The van der Waals surface area contributed by atoms with Gasteiger partial charge in [0.25, 0.3) is 0 Å². The first kappa shape index (κ1) is 21.3. The van der Waals surface area contributed by atoms with E-state index in [1.165, 1.54) is 0 Å². The van der Waals surface area contributed by atoms with Gasteiger partial charge in [-0.3, -0.25) is 0 Å². The lowest BCUT2D eigenvalue weighted by Crippen LogP contribution is -2.40. The molecule has 1 fully saturated rings. The highest BCUT2D eigenvalue weighted by molar-refractivity contribution is 5.79. The summed E-state index contributed by atoms with van der Waals surface area (Å²) in [4.78, 5) is 7.08. The molecule has 1 heterocycles. The van der Waals surface area contributed by atoms with E-state index in [0.29, 0.717) is 6.54 Å². The number of hydrogen-bond acceptors (Lipinski definition) is 5. The van der Waals surface area contributed by atoms with Crippen LogP contribution in [-0.2, 0) is 6.54 Å². The minimum Gasteiger partial charge on any atom is -0.493 e. The van der Waals surface area contributed by atoms with Gasteiger partial charge in [0.05, 0.1) is 26.9 Å². The van der Waals surface area contributed by atoms with E-state index in [0.717, 1.165) is 75.0 Å². The normalized spacial score (nSPS) is 16.2. The van der Waals surface area contributed by atoms with E-state index in [1.54, 1.807) is 14.2 Å². The third kappa shape index (κ3) is 7.27. The molecule has 0 aromatic heterocycles. The van der Waals surface area contributed by atoms with Gasteiger partial charge in [-0.25, -0.2) is 4.99 Å². The SMILES string of the molecule is CCNC(=NCc1ccc(OC)c(OC)c1)NCCCN1CCC(O)CC1. The lowest BCUT2D eigenvalue weighted by atomic mass is 10.1. The third-order valence-electron chi connectivity index (χ3n) is 4.71. The summed E-state index contributed by atoms with van der Waals surface area (Å²) in [5, 5.41) is 16.2. The van der Waals surface area contributed by atoms with Crippen molar-refractivity contribution in [3.63, 3.8) is 0 Å². The van der Waals surface area contributed by atoms with E-state index >= 15 is 0 Å². The average molecular weight is 379 g/mol. The molecule has 0 saturated carbocycles. The number of nitrogens with one attached hydrogen (secondary N) is 2. The van der Waals surface area contributed by atoms with Crippen molar-refractivity contribution in [2.75, 3.05) is 46.9 Å². The van der Waals surface area contributed by atoms with Gasteiger partial charge < -0.3 is 30.1 Å². The van der Waals surface area contributed by atoms with Crippen molar-refractivity contribution in [3.8, 4) is 11.5 Å². The Labute approximate surface area is 162 Å². The van der Waals surface area contributed by atoms with Gasteiger partial charge in [-0.15, -0.1) is 0 Å². The van der Waals surface area contributed by atoms with E-state index in [2.05, 4.69) is 27.4 Å². The number of nitrogens with zero attached hydrogens (tertiary/aromatic N) is 2. The third-order valence-corrected chi connectivity index (χ3v) is 4.71. The molecule has 1 aromatic carbocycles. The number of aliphatic hydroxyl groups excluding tert-OH is 1. The standard InChI is InChI=1S/C20H34N4O3/c1-4-21-20(22-10-5-11-24-12-8-17(25)9-13-24)23-15-16-6-7-18(26-2)19(14-16)27-3/h6-7,14,17,25H,4-5,8-13,15H2,1-3H3,(H2,21,22,23). The number of rotatable bonds is 9. The number of ether oxygens (including phenoxy) is 2. The molecular formula is C20H34N4O3. The monoisotopic (exact) mass is 378 g/mol. The summed E-state index contributed by atoms with van der Waals surface area (Å²) in [6.07, 6.45) is 2.73. The minimum atomic E-state index is -0.108. The molecule has 0 aliphatic carbocycles. The smallest absolute Gasteiger partial charge is 0.191 e. The van der Waals surface area contributed by atoms with Crippen molar-refractivity contribution < 1.29 is 14.6 Å². The zero-order valence-corrected chi connectivity index (χ0v) is 16.8. The van der Waals surface area contributed by atoms with Crippen molar-refractivity contribution >= 4 is 5.96 Å². The molecule has 152 valence electrons. The maximum atomic E-state index is 9.57. The summed E-state index contributed by atoms with van der Waals surface area (Å²) in [6, 6.07) is 5.86. The molecule has 0 spiro atoms. The fourth-order valence-electron chi connectivity index (χ4n) is 3.14. The predicted molar refractivity (Wildman–Crippen MR) is 109 cm³/mol. The number of piperidine rings is 1. The highest BCUT2D eigenvalue weighted by atomic mass is 16.5. The number of hydrogen-bond donors (Lipinski definition) is 3. The Morgan fingerprint density at radius 2 is 1.93 bits per heavy atom. The largest absolute Gasteiger partial charge is 0.493 e. The van der Waals surface area contributed by atoms with Crippen LogP contribution in [0.3, 0.4) is 0 Å². The van der Waals surface area contributed by atoms with E-state index in [1.807, 2.05) is 18.2 Å². The first-order chi connectivity index (χ1) is 13.2. The van der Waals surface area contributed by atoms with Crippen molar-refractivity contribution in [2.45, 2.75) is 38.8 Å². The second-order valence-corrected chi connectivity index (χ2v) is 6.74. The first-order valence-corrected chi connectivity index (χ1v) is 9.79. The van der Waals surface area contributed by atoms with E-state index in [9.17, 15) is 5.11 Å². The molecule has 1 aromatic rings. The number of guanidine groups is 1. The van der Waals surface area contributed by atoms with Crippen LogP contribution < -0.4 is 20.1 Å². The summed E-state index contributed by atoms with van der Waals surface area (Å²) >= 11 is 0. The maximum Gasteiger partial charge on any atom is 0.191 e. The van der Waals surface area contributed by atoms with Crippen LogP contribution in [0, 0.1) is 0 Å². The van der Waals surface area contributed by atoms with E-state index < -0.39 is 0 Å². The Hall–Kier alpha value is -1.99. The molecule has 1 aliphatic rings. The minimum absolute atomic E-state index is 0.108. The van der Waals surface area contributed by atoms with Gasteiger partial charge in [-0.1, -0.05) is 6.07 Å². The Morgan fingerprint density at radius 3 is 2.59 bits per heavy atom. The maximum absolute atomic E-state index is 9.57. The fraction of sp³-hybridized carbons (Fsp3) is 0.650. The van der Waals surface area contributed by atoms with Gasteiger partial charge in [-0.05, 0) is 50.4 Å². The first-order valence-electron chi connectivity index (χ1n) is 9.79. The molecule has 0 amide bonds. The Kier molecular flexibility index (Phi) is 9.21. The Morgan fingerprint density at radius 1 is 1.19 bits per heavy atom. The highest BCUT2D eigenvalue weighted by Crippen LogP contribution is 2.27. The van der Waals surface area contributed by atoms with Gasteiger partial charge in [0, 0.05) is 26.2 Å². The van der Waals surface area contributed by atoms with Gasteiger partial charge in [0.2, 0.25) is 0 Å². The molecule has 1 saturated heterocycles. The van der Waals surface area contributed by atoms with E-state index in [-0.39, 0.29) is 6.10 Å². The van der Waals surface area contributed by atoms with Crippen molar-refractivity contribution in [1.29, 1.82) is 0 Å². The molecular weight excluding hydrogens is 344 g/mol. The second kappa shape index (κ2) is 11.7. The zero-order chi connectivity index (χ0) is 19.5. The van der Waals surface area contributed by atoms with Gasteiger partial charge in [-0.2, -0.15) is 0 Å². The Balaban J connectivity index is 1.79. The number of methoxy groups -OCH3 is 2. The summed E-state index contributed by atoms with van der Waals surface area (Å²) in [7, 11) is 3.27. The summed E-state index contributed by atoms with van der Waals surface area (Å²) in [5.74, 6) is 2.26. The summed E-state index contributed by atoms with van der Waals surface area (Å²) in [5.41, 5.74) is 1.07. The predicted octanol–water partition coefficient (Wildman–Crippen LogP) is 1.61. The quantitative estimate of drug-likeness (QED) is 0.344. The molecule has 7 heteroatoms. The summed E-state index contributed by atoms with van der Waals surface area (Å²) in [6.45, 7) is 7.36. The fourth-order valence-corrected chi connectivity index (χ4v) is 3.14. The lowest BCUT2D eigenvalue weighted by molar-refractivity contribution is 0.0823. The van der Waals surface area contributed by atoms with Crippen LogP contribution in [0.2, 0.25) is 0 Å². The molecule has 0 radical (unpaired) electrons. The number of likely N-dealkylation sites (tertiary alicyclic amines) is 1. The van der Waals surface area contributed by atoms with Crippen LogP contribution in [0.4, 0.5) is 0 Å². The van der Waals surface area contributed by atoms with Gasteiger partial charge >= 0.3 is 0 Å². The van der Waals surface area contributed by atoms with Gasteiger partial charge in [0.15, 0.2) is 17.5 Å². The molecule has 0 unspecified atom stereocenters. The molecule has 3 N–H and O–H groups in total. The van der Waals surface area contributed by atoms with Crippen molar-refractivity contribution in [1.82, 2.24) is 15.5 Å². The molecule has 0 bridgehead atoms. The van der Waals surface area contributed by atoms with Crippen LogP contribution in [0.5, 0.6) is 11.5 Å². The molecule has 7 nitrogen and oxygen atoms in total. The lowest BCUT2D eigenvalue weighted by Gasteiger charge is -2.29. The molecule has 1 aliphatic heterocycles. The van der Waals surface area contributed by atoms with E-state index in [4.69, 9.17) is 9.47 Å². The number of aliphatic hydroxyl groups is 1. The van der Waals surface area contributed by atoms with Crippen LogP contribution in [0.1, 0.15) is 31.7 Å².